The summed E-state index contributed by atoms with van der Waals surface area (Å²) in [6, 6.07) is -1.30. The number of hydrogen-bond donors (Lipinski definition) is 7. The van der Waals surface area contributed by atoms with Crippen molar-refractivity contribution in [3.05, 3.63) is 0 Å². The molecule has 7 N–H and O–H groups in total. The highest BCUT2D eigenvalue weighted by Gasteiger charge is 2.21. The lowest BCUT2D eigenvalue weighted by Gasteiger charge is -2.17. The Hall–Kier alpha value is -3.71. The van der Waals surface area contributed by atoms with E-state index in [2.05, 4.69) is 26.6 Å². The molecule has 0 aromatic heterocycles. The zero-order valence-electron chi connectivity index (χ0n) is 38.7. The fraction of sp³-hybridized carbons (Fsp3) is 0.844. The Morgan fingerprint density at radius 1 is 0.444 bits per heavy atom. The number of carbonyl (C=O) groups is 7. The summed E-state index contributed by atoms with van der Waals surface area (Å²) in [4.78, 5) is 82.7. The third-order valence-corrected chi connectivity index (χ3v) is 10.2. The molecule has 18 heteroatoms. The van der Waals surface area contributed by atoms with Gasteiger partial charge in [-0.3, -0.25) is 28.8 Å². The highest BCUT2D eigenvalue weighted by Crippen LogP contribution is 2.14. The minimum atomic E-state index is -1.18. The second-order valence-electron chi connectivity index (χ2n) is 16.1. The fourth-order valence-electron chi connectivity index (χ4n) is 6.50. The molecule has 63 heavy (non-hydrogen) atoms. The Bertz CT molecular complexity index is 1240. The molecule has 0 fully saturated rings. The molecule has 366 valence electrons. The number of rotatable bonds is 46. The molecule has 18 nitrogen and oxygen atoms in total. The highest BCUT2D eigenvalue weighted by molar-refractivity contribution is 5.86. The third kappa shape index (κ3) is 39.6. The molecule has 4 amide bonds. The van der Waals surface area contributed by atoms with Crippen molar-refractivity contribution >= 4 is 41.4 Å². The molecule has 0 aromatic rings. The Balaban J connectivity index is 3.67. The summed E-state index contributed by atoms with van der Waals surface area (Å²) < 4.78 is 21.4. The van der Waals surface area contributed by atoms with Crippen LogP contribution in [0.25, 0.3) is 0 Å². The molecule has 0 saturated heterocycles. The summed E-state index contributed by atoms with van der Waals surface area (Å²) in [6.07, 6.45) is 17.8. The lowest BCUT2D eigenvalue weighted by molar-refractivity contribution is -0.142. The van der Waals surface area contributed by atoms with Crippen LogP contribution >= 0.6 is 0 Å². The second kappa shape index (κ2) is 42.3. The quantitative estimate of drug-likeness (QED) is 0.0426. The maximum atomic E-state index is 12.3. The van der Waals surface area contributed by atoms with Gasteiger partial charge >= 0.3 is 11.9 Å². The molecule has 0 aliphatic carbocycles. The minimum Gasteiger partial charge on any atom is -0.481 e. The van der Waals surface area contributed by atoms with E-state index in [1.54, 1.807) is 7.05 Å². The number of nitrogens with one attached hydrogen (secondary N) is 5. The summed E-state index contributed by atoms with van der Waals surface area (Å²) in [5.74, 6) is -2.94. The van der Waals surface area contributed by atoms with Crippen LogP contribution in [0.5, 0.6) is 0 Å². The highest BCUT2D eigenvalue weighted by atomic mass is 16.5. The zero-order valence-corrected chi connectivity index (χ0v) is 38.7. The lowest BCUT2D eigenvalue weighted by atomic mass is 9.97. The average Bonchev–Trinajstić information content (AvgIpc) is 3.24. The lowest BCUT2D eigenvalue weighted by Crippen LogP contribution is -2.41. The van der Waals surface area contributed by atoms with Crippen molar-refractivity contribution in [1.82, 2.24) is 26.6 Å². The molecule has 0 radical (unpaired) electrons. The molecule has 0 saturated carbocycles. The topological polar surface area (TPSA) is 257 Å². The zero-order chi connectivity index (χ0) is 46.8. The number of hydrogen-bond acceptors (Lipinski definition) is 12. The summed E-state index contributed by atoms with van der Waals surface area (Å²) >= 11 is 0. The molecule has 0 unspecified atom stereocenters. The van der Waals surface area contributed by atoms with Crippen LogP contribution in [0.3, 0.4) is 0 Å². The number of ketones is 1. The van der Waals surface area contributed by atoms with Gasteiger partial charge in [0.1, 0.15) is 19.3 Å². The fourth-order valence-corrected chi connectivity index (χ4v) is 6.50. The SMILES string of the molecule is CN[C@@H](CCCCNC(=O)COCCOCCNC(=O)COCCOCCNC(=O)CC[C@@H](NC(=O)CCCCCCCCCCCCCCCCC(=O)O)C(=O)O)C(=O)C(C)C. The van der Waals surface area contributed by atoms with Gasteiger partial charge in [0.05, 0.1) is 45.7 Å². The second-order valence-corrected chi connectivity index (χ2v) is 16.1. The van der Waals surface area contributed by atoms with Gasteiger partial charge in [-0.1, -0.05) is 90.9 Å². The minimum absolute atomic E-state index is 0.0158. The van der Waals surface area contributed by atoms with Crippen LogP contribution in [0.15, 0.2) is 0 Å². The number of unbranched alkanes of at least 4 members (excludes halogenated alkanes) is 14. The van der Waals surface area contributed by atoms with E-state index >= 15 is 0 Å². The Morgan fingerprint density at radius 2 is 0.889 bits per heavy atom. The van der Waals surface area contributed by atoms with Crippen molar-refractivity contribution in [3.8, 4) is 0 Å². The molecule has 0 aliphatic heterocycles. The van der Waals surface area contributed by atoms with E-state index in [-0.39, 0.29) is 133 Å². The van der Waals surface area contributed by atoms with Crippen LogP contribution in [0, 0.1) is 5.92 Å². The average molecular weight is 902 g/mol. The van der Waals surface area contributed by atoms with Crippen molar-refractivity contribution < 1.29 is 62.7 Å². The van der Waals surface area contributed by atoms with E-state index in [0.717, 1.165) is 57.8 Å². The van der Waals surface area contributed by atoms with Gasteiger partial charge in [-0.15, -0.1) is 0 Å². The van der Waals surface area contributed by atoms with Crippen LogP contribution in [-0.2, 0) is 52.5 Å². The molecule has 0 aromatic carbocycles. The molecule has 2 atom stereocenters. The summed E-state index contributed by atoms with van der Waals surface area (Å²) in [5.41, 5.74) is 0. The van der Waals surface area contributed by atoms with Crippen molar-refractivity contribution in [2.75, 3.05) is 79.5 Å². The molecule has 0 bridgehead atoms. The van der Waals surface area contributed by atoms with Crippen molar-refractivity contribution in [1.29, 1.82) is 0 Å². The number of amides is 4. The largest absolute Gasteiger partial charge is 0.481 e. The predicted octanol–water partition coefficient (Wildman–Crippen LogP) is 4.06. The number of carboxylic acids is 2. The van der Waals surface area contributed by atoms with E-state index in [9.17, 15) is 38.7 Å². The predicted molar refractivity (Wildman–Crippen MR) is 239 cm³/mol. The van der Waals surface area contributed by atoms with Crippen LogP contribution < -0.4 is 26.6 Å². The molecule has 0 rings (SSSR count). The van der Waals surface area contributed by atoms with Crippen molar-refractivity contribution in [3.63, 3.8) is 0 Å². The van der Waals surface area contributed by atoms with Gasteiger partial charge in [-0.05, 0) is 45.6 Å². The first-order valence-electron chi connectivity index (χ1n) is 23.4. The number of Topliss-reactive ketones (excluding diaryl/α,β-unsaturated/α-hetero) is 1. The van der Waals surface area contributed by atoms with E-state index in [4.69, 9.17) is 24.1 Å². The van der Waals surface area contributed by atoms with Gasteiger partial charge in [0, 0.05) is 44.8 Å². The van der Waals surface area contributed by atoms with Crippen LogP contribution in [0.1, 0.15) is 149 Å². The summed E-state index contributed by atoms with van der Waals surface area (Å²) in [5, 5.41) is 31.9. The van der Waals surface area contributed by atoms with E-state index in [1.807, 2.05) is 13.8 Å². The summed E-state index contributed by atoms with van der Waals surface area (Å²) in [7, 11) is 1.78. The van der Waals surface area contributed by atoms with Gasteiger partial charge in [-0.25, -0.2) is 4.79 Å². The van der Waals surface area contributed by atoms with Crippen molar-refractivity contribution in [2.45, 2.75) is 161 Å². The Morgan fingerprint density at radius 3 is 1.35 bits per heavy atom. The van der Waals surface area contributed by atoms with Crippen LogP contribution in [0.4, 0.5) is 0 Å². The Labute approximate surface area is 376 Å². The maximum Gasteiger partial charge on any atom is 0.326 e. The third-order valence-electron chi connectivity index (χ3n) is 10.2. The molecular weight excluding hydrogens is 819 g/mol. The van der Waals surface area contributed by atoms with Gasteiger partial charge in [0.2, 0.25) is 23.6 Å². The first-order chi connectivity index (χ1) is 30.4. The van der Waals surface area contributed by atoms with Gasteiger partial charge < -0.3 is 55.7 Å². The molecule has 0 heterocycles. The first kappa shape index (κ1) is 59.3. The monoisotopic (exact) mass is 902 g/mol. The number of likely N-dealkylation sites (N-methyl/N-ethyl adjacent to an activating group) is 1. The first-order valence-corrected chi connectivity index (χ1v) is 23.4. The standard InChI is InChI=1S/C45H83N5O13/c1-36(2)44(57)37(46-3)20-18-19-25-47-41(53)34-62-32-31-61-29-27-49-42(54)35-63-33-30-60-28-26-48-39(51)24-23-38(45(58)59)50-40(52)21-16-14-12-10-8-6-4-5-7-9-11-13-15-17-22-43(55)56/h36-38,46H,4-35H2,1-3H3,(H,47,53)(H,48,51)(H,49,54)(H,50,52)(H,55,56)(H,58,59)/t37-,38+/m0/s1. The van der Waals surface area contributed by atoms with E-state index < -0.39 is 18.0 Å². The van der Waals surface area contributed by atoms with Crippen molar-refractivity contribution in [2.24, 2.45) is 5.92 Å². The molecular formula is C45H83N5O13. The smallest absolute Gasteiger partial charge is 0.326 e. The van der Waals surface area contributed by atoms with E-state index in [0.29, 0.717) is 13.0 Å². The maximum absolute atomic E-state index is 12.3. The van der Waals surface area contributed by atoms with Gasteiger partial charge in [0.25, 0.3) is 0 Å². The number of carboxylic acid groups (broad SMARTS) is 2. The van der Waals surface area contributed by atoms with E-state index in [1.165, 1.54) is 44.9 Å². The normalized spacial score (nSPS) is 12.1. The van der Waals surface area contributed by atoms with Crippen LogP contribution in [-0.4, -0.2) is 143 Å². The molecule has 0 aliphatic rings. The number of ether oxygens (including phenoxy) is 4. The number of carbonyl (C=O) groups excluding carboxylic acids is 5. The summed E-state index contributed by atoms with van der Waals surface area (Å²) in [6.45, 7) is 5.88. The Kier molecular flexibility index (Phi) is 39.8. The van der Waals surface area contributed by atoms with Crippen LogP contribution in [0.2, 0.25) is 0 Å². The van der Waals surface area contributed by atoms with Gasteiger partial charge in [-0.2, -0.15) is 0 Å². The molecule has 0 spiro atoms. The number of aliphatic carboxylic acids is 2. The van der Waals surface area contributed by atoms with Gasteiger partial charge in [0.15, 0.2) is 5.78 Å².